The minimum absolute atomic E-state index is 0.618. The zero-order valence-corrected chi connectivity index (χ0v) is 10.2. The molecule has 1 heterocycles. The van der Waals surface area contributed by atoms with Crippen molar-refractivity contribution in [2.45, 2.75) is 6.42 Å². The summed E-state index contributed by atoms with van der Waals surface area (Å²) in [6, 6.07) is 3.90. The van der Waals surface area contributed by atoms with Gasteiger partial charge in [0.05, 0.1) is 12.1 Å². The van der Waals surface area contributed by atoms with Crippen LogP contribution in [-0.2, 0) is 13.5 Å². The van der Waals surface area contributed by atoms with E-state index in [-0.39, 0.29) is 0 Å². The van der Waals surface area contributed by atoms with Gasteiger partial charge in [-0.3, -0.25) is 0 Å². The number of hydrogen-bond acceptors (Lipinski definition) is 2. The van der Waals surface area contributed by atoms with Crippen molar-refractivity contribution in [1.82, 2.24) is 4.57 Å². The van der Waals surface area contributed by atoms with Gasteiger partial charge in [0.1, 0.15) is 5.75 Å². The van der Waals surface area contributed by atoms with Crippen LogP contribution in [0.4, 0.5) is 0 Å². The number of methoxy groups -OCH3 is 1. The van der Waals surface area contributed by atoms with E-state index in [0.717, 1.165) is 17.3 Å². The van der Waals surface area contributed by atoms with Crippen molar-refractivity contribution < 1.29 is 4.74 Å². The number of nitrogens with zero attached hydrogens (tertiary/aromatic N) is 1. The molecule has 0 unspecified atom stereocenters. The average molecular weight is 239 g/mol. The molecule has 86 valence electrons. The lowest BCUT2D eigenvalue weighted by Crippen LogP contribution is -2.02. The number of aryl methyl sites for hydroxylation is 1. The van der Waals surface area contributed by atoms with Gasteiger partial charge in [0.25, 0.3) is 0 Å². The van der Waals surface area contributed by atoms with Crippen LogP contribution >= 0.6 is 11.6 Å². The van der Waals surface area contributed by atoms with Crippen molar-refractivity contribution >= 4 is 22.5 Å². The van der Waals surface area contributed by atoms with Crippen molar-refractivity contribution in [3.8, 4) is 5.75 Å². The summed E-state index contributed by atoms with van der Waals surface area (Å²) in [6.07, 6.45) is 2.90. The van der Waals surface area contributed by atoms with Gasteiger partial charge in [-0.1, -0.05) is 11.6 Å². The summed E-state index contributed by atoms with van der Waals surface area (Å²) in [6.45, 7) is 0.618. The molecule has 2 N–H and O–H groups in total. The number of aromatic nitrogens is 1. The Bertz CT molecular complexity index is 519. The monoisotopic (exact) mass is 238 g/mol. The molecule has 0 spiro atoms. The van der Waals surface area contributed by atoms with E-state index >= 15 is 0 Å². The molecule has 16 heavy (non-hydrogen) atoms. The Balaban J connectivity index is 2.73. The molecule has 1 aromatic carbocycles. The molecule has 0 radical (unpaired) electrons. The van der Waals surface area contributed by atoms with Gasteiger partial charge >= 0.3 is 0 Å². The number of ether oxygens (including phenoxy) is 1. The summed E-state index contributed by atoms with van der Waals surface area (Å²) in [5, 5.41) is 1.72. The highest BCUT2D eigenvalue weighted by atomic mass is 35.5. The predicted octanol–water partition coefficient (Wildman–Crippen LogP) is 2.34. The van der Waals surface area contributed by atoms with Crippen LogP contribution in [0, 0.1) is 0 Å². The summed E-state index contributed by atoms with van der Waals surface area (Å²) >= 11 is 6.32. The second-order valence-electron chi connectivity index (χ2n) is 3.78. The van der Waals surface area contributed by atoms with Gasteiger partial charge in [-0.15, -0.1) is 0 Å². The van der Waals surface area contributed by atoms with E-state index in [1.165, 1.54) is 5.56 Å². The maximum atomic E-state index is 6.32. The largest absolute Gasteiger partial charge is 0.495 e. The molecule has 0 aliphatic heterocycles. The minimum Gasteiger partial charge on any atom is -0.495 e. The summed E-state index contributed by atoms with van der Waals surface area (Å²) in [7, 11) is 3.63. The molecule has 0 fully saturated rings. The van der Waals surface area contributed by atoms with Crippen LogP contribution in [0.1, 0.15) is 5.56 Å². The van der Waals surface area contributed by atoms with E-state index in [1.54, 1.807) is 7.11 Å². The van der Waals surface area contributed by atoms with Gasteiger partial charge in [-0.2, -0.15) is 0 Å². The fourth-order valence-electron chi connectivity index (χ4n) is 2.02. The van der Waals surface area contributed by atoms with Crippen LogP contribution in [0.3, 0.4) is 0 Å². The SMILES string of the molecule is COc1ccc2c(c(CCN)cn2C)c1Cl. The lowest BCUT2D eigenvalue weighted by Gasteiger charge is -2.05. The van der Waals surface area contributed by atoms with Gasteiger partial charge in [0.2, 0.25) is 0 Å². The molecule has 0 bridgehead atoms. The second kappa shape index (κ2) is 4.36. The van der Waals surface area contributed by atoms with Crippen LogP contribution in [0.2, 0.25) is 5.02 Å². The number of halogens is 1. The maximum Gasteiger partial charge on any atom is 0.138 e. The molecular formula is C12H15ClN2O. The average Bonchev–Trinajstić information content (AvgIpc) is 2.58. The first-order valence-electron chi connectivity index (χ1n) is 5.19. The van der Waals surface area contributed by atoms with E-state index in [1.807, 2.05) is 19.2 Å². The smallest absolute Gasteiger partial charge is 0.138 e. The molecule has 0 amide bonds. The van der Waals surface area contributed by atoms with Crippen LogP contribution in [-0.4, -0.2) is 18.2 Å². The number of rotatable bonds is 3. The summed E-state index contributed by atoms with van der Waals surface area (Å²) < 4.78 is 7.28. The highest BCUT2D eigenvalue weighted by molar-refractivity contribution is 6.37. The normalized spacial score (nSPS) is 11.0. The third-order valence-electron chi connectivity index (χ3n) is 2.77. The Hall–Kier alpha value is -1.19. The Labute approximate surface area is 99.7 Å². The van der Waals surface area contributed by atoms with Crippen molar-refractivity contribution in [1.29, 1.82) is 0 Å². The molecule has 0 atom stereocenters. The minimum atomic E-state index is 0.618. The Morgan fingerprint density at radius 3 is 2.81 bits per heavy atom. The van der Waals surface area contributed by atoms with Crippen molar-refractivity contribution in [3.05, 3.63) is 28.9 Å². The molecular weight excluding hydrogens is 224 g/mol. The molecule has 1 aromatic heterocycles. The second-order valence-corrected chi connectivity index (χ2v) is 4.16. The lowest BCUT2D eigenvalue weighted by atomic mass is 10.1. The van der Waals surface area contributed by atoms with Crippen LogP contribution in [0.25, 0.3) is 10.9 Å². The molecule has 0 aliphatic carbocycles. The van der Waals surface area contributed by atoms with E-state index in [0.29, 0.717) is 17.3 Å². The maximum absolute atomic E-state index is 6.32. The Kier molecular flexibility index (Phi) is 3.08. The zero-order valence-electron chi connectivity index (χ0n) is 9.46. The van der Waals surface area contributed by atoms with Crippen molar-refractivity contribution in [2.24, 2.45) is 12.8 Å². The molecule has 4 heteroatoms. The van der Waals surface area contributed by atoms with E-state index in [4.69, 9.17) is 22.1 Å². The van der Waals surface area contributed by atoms with Crippen LogP contribution in [0.5, 0.6) is 5.75 Å². The van der Waals surface area contributed by atoms with Crippen LogP contribution in [0.15, 0.2) is 18.3 Å². The van der Waals surface area contributed by atoms with Crippen LogP contribution < -0.4 is 10.5 Å². The molecule has 0 saturated carbocycles. The standard InChI is InChI=1S/C12H15ClN2O/c1-15-7-8(5-6-14)11-9(15)3-4-10(16-2)12(11)13/h3-4,7H,5-6,14H2,1-2H3. The fourth-order valence-corrected chi connectivity index (χ4v) is 2.38. The summed E-state index contributed by atoms with van der Waals surface area (Å²) in [5.74, 6) is 0.707. The summed E-state index contributed by atoms with van der Waals surface area (Å²) in [4.78, 5) is 0. The highest BCUT2D eigenvalue weighted by Crippen LogP contribution is 2.35. The summed E-state index contributed by atoms with van der Waals surface area (Å²) in [5.41, 5.74) is 7.87. The number of benzene rings is 1. The first-order chi connectivity index (χ1) is 7.69. The van der Waals surface area contributed by atoms with Crippen molar-refractivity contribution in [2.75, 3.05) is 13.7 Å². The number of fused-ring (bicyclic) bond motifs is 1. The lowest BCUT2D eigenvalue weighted by molar-refractivity contribution is 0.415. The number of hydrogen-bond donors (Lipinski definition) is 1. The third-order valence-corrected chi connectivity index (χ3v) is 3.14. The molecule has 3 nitrogen and oxygen atoms in total. The topological polar surface area (TPSA) is 40.2 Å². The van der Waals surface area contributed by atoms with E-state index in [2.05, 4.69) is 10.8 Å². The molecule has 0 saturated heterocycles. The highest BCUT2D eigenvalue weighted by Gasteiger charge is 2.13. The fraction of sp³-hybridized carbons (Fsp3) is 0.333. The third kappa shape index (κ3) is 1.66. The Morgan fingerprint density at radius 2 is 2.19 bits per heavy atom. The predicted molar refractivity (Wildman–Crippen MR) is 67.2 cm³/mol. The van der Waals surface area contributed by atoms with Gasteiger partial charge in [-0.25, -0.2) is 0 Å². The van der Waals surface area contributed by atoms with E-state index in [9.17, 15) is 0 Å². The van der Waals surface area contributed by atoms with Gasteiger partial charge in [0.15, 0.2) is 0 Å². The Morgan fingerprint density at radius 1 is 1.44 bits per heavy atom. The van der Waals surface area contributed by atoms with Gasteiger partial charge < -0.3 is 15.0 Å². The molecule has 2 rings (SSSR count). The molecule has 2 aromatic rings. The van der Waals surface area contributed by atoms with Crippen molar-refractivity contribution in [3.63, 3.8) is 0 Å². The number of nitrogens with two attached hydrogens (primary N) is 1. The van der Waals surface area contributed by atoms with E-state index < -0.39 is 0 Å². The quantitative estimate of drug-likeness (QED) is 0.892. The van der Waals surface area contributed by atoms with Gasteiger partial charge in [-0.05, 0) is 30.7 Å². The zero-order chi connectivity index (χ0) is 11.7. The van der Waals surface area contributed by atoms with Gasteiger partial charge in [0, 0.05) is 24.1 Å². The first-order valence-corrected chi connectivity index (χ1v) is 5.57. The first kappa shape index (κ1) is 11.3. The molecule has 0 aliphatic rings.